The van der Waals surface area contributed by atoms with Gasteiger partial charge in [0.2, 0.25) is 0 Å². The molecule has 0 aromatic carbocycles. The molecule has 0 spiro atoms. The number of esters is 1. The zero-order chi connectivity index (χ0) is 22.8. The minimum Gasteiger partial charge on any atom is -0.477 e. The molecule has 2 unspecified atom stereocenters. The highest BCUT2D eigenvalue weighted by Gasteiger charge is 2.30. The van der Waals surface area contributed by atoms with E-state index in [4.69, 9.17) is 9.47 Å². The summed E-state index contributed by atoms with van der Waals surface area (Å²) in [7, 11) is 5.45. The van der Waals surface area contributed by atoms with Crippen molar-refractivity contribution in [2.24, 2.45) is 0 Å². The molecule has 0 radical (unpaired) electrons. The molecule has 0 aromatic rings. The smallest absolute Gasteiger partial charge is 0.362 e. The summed E-state index contributed by atoms with van der Waals surface area (Å²) in [4.78, 5) is 23.0. The second kappa shape index (κ2) is 17.3. The van der Waals surface area contributed by atoms with Gasteiger partial charge in [-0.3, -0.25) is 4.79 Å². The van der Waals surface area contributed by atoms with Gasteiger partial charge < -0.3 is 24.2 Å². The van der Waals surface area contributed by atoms with Gasteiger partial charge in [0.15, 0.2) is 6.04 Å². The largest absolute Gasteiger partial charge is 0.477 e. The zero-order valence-corrected chi connectivity index (χ0v) is 19.5. The van der Waals surface area contributed by atoms with Crippen molar-refractivity contribution in [3.05, 3.63) is 12.2 Å². The Morgan fingerprint density at radius 1 is 0.967 bits per heavy atom. The van der Waals surface area contributed by atoms with E-state index in [1.54, 1.807) is 0 Å². The number of allylic oxidation sites excluding steroid dienone is 2. The third-order valence-corrected chi connectivity index (χ3v) is 4.90. The summed E-state index contributed by atoms with van der Waals surface area (Å²) in [5.74, 6) is -1.17. The van der Waals surface area contributed by atoms with E-state index in [1.165, 1.54) is 12.8 Å². The quantitative estimate of drug-likeness (QED) is 0.141. The standard InChI is InChI=1S/C23H43NO6/c1-5-6-7-8-9-10-11-12-13-14-15-22(26)30-19-20(25)18-29-17-16-21(23(27)28)24(2,3)4/h8-9,20-21,25H,5-7,10-19H2,1-4H3/p+1/b9-8+. The molecule has 0 aliphatic rings. The van der Waals surface area contributed by atoms with Gasteiger partial charge in [0.05, 0.1) is 34.4 Å². The fourth-order valence-electron chi connectivity index (χ4n) is 3.01. The van der Waals surface area contributed by atoms with Crippen LogP contribution in [0.15, 0.2) is 12.2 Å². The second-order valence-corrected chi connectivity index (χ2v) is 8.74. The van der Waals surface area contributed by atoms with Crippen molar-refractivity contribution in [2.45, 2.75) is 83.3 Å². The van der Waals surface area contributed by atoms with Gasteiger partial charge in [-0.1, -0.05) is 44.8 Å². The summed E-state index contributed by atoms with van der Waals surface area (Å²) >= 11 is 0. The van der Waals surface area contributed by atoms with E-state index in [0.29, 0.717) is 17.3 Å². The normalized spacial score (nSPS) is 14.0. The van der Waals surface area contributed by atoms with Crippen LogP contribution in [0.5, 0.6) is 0 Å². The molecule has 0 saturated heterocycles. The van der Waals surface area contributed by atoms with Gasteiger partial charge in [0, 0.05) is 12.8 Å². The lowest BCUT2D eigenvalue weighted by Gasteiger charge is -2.31. The number of carbonyl (C=O) groups excluding carboxylic acids is 1. The molecule has 7 heteroatoms. The van der Waals surface area contributed by atoms with Crippen molar-refractivity contribution in [1.29, 1.82) is 0 Å². The summed E-state index contributed by atoms with van der Waals surface area (Å²) in [6.45, 7) is 2.34. The fraction of sp³-hybridized carbons (Fsp3) is 0.826. The van der Waals surface area contributed by atoms with E-state index < -0.39 is 18.1 Å². The number of aliphatic carboxylic acids is 1. The maximum absolute atomic E-state index is 11.7. The van der Waals surface area contributed by atoms with Crippen LogP contribution in [0, 0.1) is 0 Å². The first-order chi connectivity index (χ1) is 14.2. The number of quaternary nitrogens is 1. The molecule has 0 saturated carbocycles. The molecule has 7 nitrogen and oxygen atoms in total. The molecule has 176 valence electrons. The third kappa shape index (κ3) is 16.4. The number of carbonyl (C=O) groups is 2. The van der Waals surface area contributed by atoms with E-state index in [2.05, 4.69) is 19.1 Å². The lowest BCUT2D eigenvalue weighted by atomic mass is 10.1. The first-order valence-corrected chi connectivity index (χ1v) is 11.3. The van der Waals surface area contributed by atoms with Crippen LogP contribution < -0.4 is 0 Å². The predicted octanol–water partition coefficient (Wildman–Crippen LogP) is 3.54. The lowest BCUT2D eigenvalue weighted by Crippen LogP contribution is -2.50. The highest BCUT2D eigenvalue weighted by molar-refractivity contribution is 5.72. The number of hydrogen-bond acceptors (Lipinski definition) is 5. The SMILES string of the molecule is CCCC/C=C/CCCCCCC(=O)OCC(O)COCCC(C(=O)O)[N+](C)(C)C. The van der Waals surface area contributed by atoms with Crippen LogP contribution >= 0.6 is 0 Å². The van der Waals surface area contributed by atoms with Gasteiger partial charge in [-0.15, -0.1) is 0 Å². The Hall–Kier alpha value is -1.44. The maximum Gasteiger partial charge on any atom is 0.362 e. The lowest BCUT2D eigenvalue weighted by molar-refractivity contribution is -0.887. The number of ether oxygens (including phenoxy) is 2. The van der Waals surface area contributed by atoms with Crippen LogP contribution in [0.3, 0.4) is 0 Å². The van der Waals surface area contributed by atoms with Crippen molar-refractivity contribution in [3.8, 4) is 0 Å². The average Bonchev–Trinajstić information content (AvgIpc) is 2.66. The highest BCUT2D eigenvalue weighted by Crippen LogP contribution is 2.09. The Labute approximate surface area is 182 Å². The second-order valence-electron chi connectivity index (χ2n) is 8.74. The molecule has 0 heterocycles. The molecule has 2 N–H and O–H groups in total. The van der Waals surface area contributed by atoms with Crippen molar-refractivity contribution in [3.63, 3.8) is 0 Å². The minimum absolute atomic E-state index is 0.0164. The minimum atomic E-state index is -0.902. The van der Waals surface area contributed by atoms with Crippen LogP contribution in [-0.2, 0) is 19.1 Å². The Morgan fingerprint density at radius 3 is 2.20 bits per heavy atom. The van der Waals surface area contributed by atoms with Crippen molar-refractivity contribution >= 4 is 11.9 Å². The molecule has 30 heavy (non-hydrogen) atoms. The first kappa shape index (κ1) is 28.6. The monoisotopic (exact) mass is 430 g/mol. The Morgan fingerprint density at radius 2 is 1.60 bits per heavy atom. The summed E-state index contributed by atoms with van der Waals surface area (Å²) in [5, 5.41) is 19.1. The molecule has 0 rings (SSSR count). The predicted molar refractivity (Wildman–Crippen MR) is 118 cm³/mol. The number of aliphatic hydroxyl groups is 1. The number of nitrogens with zero attached hydrogens (tertiary/aromatic N) is 1. The maximum atomic E-state index is 11.7. The van der Waals surface area contributed by atoms with Gasteiger partial charge in [-0.25, -0.2) is 4.79 Å². The van der Waals surface area contributed by atoms with Gasteiger partial charge in [-0.05, 0) is 25.7 Å². The van der Waals surface area contributed by atoms with Crippen LogP contribution in [0.4, 0.5) is 0 Å². The molecule has 2 atom stereocenters. The van der Waals surface area contributed by atoms with Gasteiger partial charge >= 0.3 is 11.9 Å². The number of carboxylic acids is 1. The number of likely N-dealkylation sites (N-methyl/N-ethyl adjacent to an activating group) is 1. The topological polar surface area (TPSA) is 93.1 Å². The number of carboxylic acid groups (broad SMARTS) is 1. The van der Waals surface area contributed by atoms with Crippen molar-refractivity contribution < 1.29 is 33.8 Å². The van der Waals surface area contributed by atoms with E-state index in [1.807, 2.05) is 21.1 Å². The third-order valence-electron chi connectivity index (χ3n) is 4.90. The summed E-state index contributed by atoms with van der Waals surface area (Å²) in [6, 6.07) is -0.572. The van der Waals surface area contributed by atoms with Crippen molar-refractivity contribution in [1.82, 2.24) is 0 Å². The molecular formula is C23H44NO6+. The van der Waals surface area contributed by atoms with Crippen LogP contribution in [0.2, 0.25) is 0 Å². The number of unbranched alkanes of at least 4 members (excludes halogenated alkanes) is 6. The molecule has 0 aromatic heterocycles. The molecule has 0 aliphatic heterocycles. The molecule has 0 bridgehead atoms. The Balaban J connectivity index is 3.68. The summed E-state index contributed by atoms with van der Waals surface area (Å²) in [6.07, 6.45) is 13.1. The van der Waals surface area contributed by atoms with E-state index in [9.17, 15) is 19.8 Å². The van der Waals surface area contributed by atoms with Gasteiger partial charge in [-0.2, -0.15) is 0 Å². The van der Waals surface area contributed by atoms with Gasteiger partial charge in [0.1, 0.15) is 12.7 Å². The summed E-state index contributed by atoms with van der Waals surface area (Å²) in [5.41, 5.74) is 0. The van der Waals surface area contributed by atoms with E-state index in [-0.39, 0.29) is 25.8 Å². The Bertz CT molecular complexity index is 487. The zero-order valence-electron chi connectivity index (χ0n) is 19.5. The Kier molecular flexibility index (Phi) is 16.4. The molecule has 0 amide bonds. The number of rotatable bonds is 19. The fourth-order valence-corrected chi connectivity index (χ4v) is 3.01. The molecule has 0 aliphatic carbocycles. The number of hydrogen-bond donors (Lipinski definition) is 2. The summed E-state index contributed by atoms with van der Waals surface area (Å²) < 4.78 is 10.7. The van der Waals surface area contributed by atoms with E-state index >= 15 is 0 Å². The molecular weight excluding hydrogens is 386 g/mol. The van der Waals surface area contributed by atoms with Crippen LogP contribution in [-0.4, -0.2) is 79.7 Å². The first-order valence-electron chi connectivity index (χ1n) is 11.3. The highest BCUT2D eigenvalue weighted by atomic mass is 16.5. The van der Waals surface area contributed by atoms with Crippen LogP contribution in [0.25, 0.3) is 0 Å². The van der Waals surface area contributed by atoms with Crippen LogP contribution in [0.1, 0.15) is 71.1 Å². The van der Waals surface area contributed by atoms with E-state index in [0.717, 1.165) is 38.5 Å². The molecule has 0 fully saturated rings. The van der Waals surface area contributed by atoms with Gasteiger partial charge in [0.25, 0.3) is 0 Å². The van der Waals surface area contributed by atoms with Crippen molar-refractivity contribution in [2.75, 3.05) is 41.0 Å². The average molecular weight is 431 g/mol. The number of aliphatic hydroxyl groups excluding tert-OH is 1.